The number of benzene rings is 10. The molecule has 11 aromatic rings. The summed E-state index contributed by atoms with van der Waals surface area (Å²) in [6.07, 6.45) is 0. The second-order valence-electron chi connectivity index (χ2n) is 17.0. The third kappa shape index (κ3) is 6.08. The number of nitrogens with zero attached hydrogens (tertiary/aromatic N) is 3. The second-order valence-corrected chi connectivity index (χ2v) is 17.0. The Labute approximate surface area is 385 Å². The summed E-state index contributed by atoms with van der Waals surface area (Å²) in [5.74, 6) is 1.92. The Morgan fingerprint density at radius 3 is 1.08 bits per heavy atom. The molecule has 0 atom stereocenters. The van der Waals surface area contributed by atoms with E-state index >= 15 is 0 Å². The van der Waals surface area contributed by atoms with Crippen molar-refractivity contribution in [1.29, 1.82) is 0 Å². The second kappa shape index (κ2) is 16.2. The minimum atomic E-state index is -0.710. The van der Waals surface area contributed by atoms with E-state index in [4.69, 9.17) is 15.0 Å². The van der Waals surface area contributed by atoms with Gasteiger partial charge in [0, 0.05) is 16.7 Å². The highest BCUT2D eigenvalue weighted by Crippen LogP contribution is 2.65. The predicted octanol–water partition coefficient (Wildman–Crippen LogP) is 15.0. The van der Waals surface area contributed by atoms with Gasteiger partial charge in [-0.25, -0.2) is 15.0 Å². The first-order valence-corrected chi connectivity index (χ1v) is 22.6. The number of hydrogen-bond acceptors (Lipinski definition) is 3. The molecule has 0 fully saturated rings. The van der Waals surface area contributed by atoms with E-state index < -0.39 is 10.8 Å². The van der Waals surface area contributed by atoms with Crippen molar-refractivity contribution in [3.8, 4) is 56.4 Å². The molecule has 1 aliphatic carbocycles. The zero-order valence-corrected chi connectivity index (χ0v) is 36.2. The zero-order valence-electron chi connectivity index (χ0n) is 36.2. The van der Waals surface area contributed by atoms with Crippen molar-refractivity contribution in [3.05, 3.63) is 294 Å². The third-order valence-corrected chi connectivity index (χ3v) is 13.6. The van der Waals surface area contributed by atoms with Crippen molar-refractivity contribution in [2.24, 2.45) is 0 Å². The van der Waals surface area contributed by atoms with Crippen LogP contribution in [0.1, 0.15) is 33.4 Å². The van der Waals surface area contributed by atoms with E-state index in [2.05, 4.69) is 224 Å². The molecule has 1 aromatic heterocycles. The summed E-state index contributed by atoms with van der Waals surface area (Å²) in [6.45, 7) is 0. The molecule has 310 valence electrons. The number of aromatic nitrogens is 3. The molecule has 0 saturated heterocycles. The van der Waals surface area contributed by atoms with Crippen LogP contribution in [-0.4, -0.2) is 15.0 Å². The fraction of sp³-hybridized carbons (Fsp3) is 0.0317. The molecule has 10 aromatic carbocycles. The van der Waals surface area contributed by atoms with E-state index in [0.29, 0.717) is 17.5 Å². The van der Waals surface area contributed by atoms with Crippen LogP contribution in [0.25, 0.3) is 67.2 Å². The molecule has 3 heteroatoms. The lowest BCUT2D eigenvalue weighted by molar-refractivity contribution is 0.415. The maximum Gasteiger partial charge on any atom is 0.164 e. The molecule has 0 saturated carbocycles. The Morgan fingerprint density at radius 2 is 0.591 bits per heavy atom. The van der Waals surface area contributed by atoms with Gasteiger partial charge in [-0.1, -0.05) is 255 Å². The highest BCUT2D eigenvalue weighted by Gasteiger charge is 2.61. The van der Waals surface area contributed by atoms with Gasteiger partial charge in [-0.05, 0) is 72.5 Å². The fourth-order valence-corrected chi connectivity index (χ4v) is 11.0. The van der Waals surface area contributed by atoms with Crippen molar-refractivity contribution in [1.82, 2.24) is 15.0 Å². The van der Waals surface area contributed by atoms with Crippen molar-refractivity contribution in [2.75, 3.05) is 0 Å². The molecule has 0 N–H and O–H groups in total. The normalized spacial score (nSPS) is 13.4. The molecule has 0 amide bonds. The summed E-state index contributed by atoms with van der Waals surface area (Å²) < 4.78 is 0. The maximum absolute atomic E-state index is 5.15. The Bertz CT molecular complexity index is 3370. The van der Waals surface area contributed by atoms with Gasteiger partial charge in [0.2, 0.25) is 0 Å². The summed E-state index contributed by atoms with van der Waals surface area (Å²) in [7, 11) is 0. The molecule has 66 heavy (non-hydrogen) atoms. The van der Waals surface area contributed by atoms with Gasteiger partial charge in [0.05, 0.1) is 10.8 Å². The van der Waals surface area contributed by atoms with E-state index in [0.717, 1.165) is 38.6 Å². The largest absolute Gasteiger partial charge is 0.208 e. The van der Waals surface area contributed by atoms with Gasteiger partial charge in [0.1, 0.15) is 0 Å². The molecule has 0 aliphatic heterocycles. The highest BCUT2D eigenvalue weighted by molar-refractivity contribution is 6.04. The van der Waals surface area contributed by atoms with E-state index in [1.54, 1.807) is 0 Å². The molecule has 1 aliphatic rings. The van der Waals surface area contributed by atoms with Crippen LogP contribution < -0.4 is 0 Å². The number of rotatable bonds is 8. The van der Waals surface area contributed by atoms with Crippen LogP contribution in [0.15, 0.2) is 261 Å². The third-order valence-electron chi connectivity index (χ3n) is 13.6. The van der Waals surface area contributed by atoms with Gasteiger partial charge in [0.15, 0.2) is 17.5 Å². The summed E-state index contributed by atoms with van der Waals surface area (Å²) in [5.41, 5.74) is 13.6. The molecule has 0 radical (unpaired) electrons. The smallest absolute Gasteiger partial charge is 0.164 e. The van der Waals surface area contributed by atoms with Crippen LogP contribution in [-0.2, 0) is 10.8 Å². The molecular formula is C63H43N3. The lowest BCUT2D eigenvalue weighted by atomic mass is 9.43. The molecule has 3 nitrogen and oxygen atoms in total. The average Bonchev–Trinajstić information content (AvgIpc) is 3.41. The SMILES string of the molecule is c1ccc(-c2nc(-c3ccccc3)nc(-c3cccc4c(-c5ccc6c(c5)-c5ccccc5C(c5ccccc5)(c5ccccc5)C6(c5ccccc5)c5ccccc5)cccc34)n2)cc1. The van der Waals surface area contributed by atoms with Crippen LogP contribution >= 0.6 is 0 Å². The van der Waals surface area contributed by atoms with Crippen molar-refractivity contribution >= 4 is 10.8 Å². The number of hydrogen-bond donors (Lipinski definition) is 0. The first-order valence-electron chi connectivity index (χ1n) is 22.6. The van der Waals surface area contributed by atoms with Gasteiger partial charge < -0.3 is 0 Å². The molecular weight excluding hydrogens is 799 g/mol. The molecule has 0 unspecified atom stereocenters. The van der Waals surface area contributed by atoms with Gasteiger partial charge in [-0.2, -0.15) is 0 Å². The lowest BCUT2D eigenvalue weighted by Crippen LogP contribution is -2.54. The quantitative estimate of drug-likeness (QED) is 0.153. The van der Waals surface area contributed by atoms with Crippen molar-refractivity contribution < 1.29 is 0 Å². The van der Waals surface area contributed by atoms with Crippen LogP contribution in [0.3, 0.4) is 0 Å². The van der Waals surface area contributed by atoms with Gasteiger partial charge in [-0.15, -0.1) is 0 Å². The summed E-state index contributed by atoms with van der Waals surface area (Å²) >= 11 is 0. The van der Waals surface area contributed by atoms with E-state index in [9.17, 15) is 0 Å². The number of fused-ring (bicyclic) bond motifs is 4. The maximum atomic E-state index is 5.15. The summed E-state index contributed by atoms with van der Waals surface area (Å²) in [5, 5.41) is 2.20. The first-order chi connectivity index (χ1) is 32.7. The van der Waals surface area contributed by atoms with Crippen LogP contribution in [0.2, 0.25) is 0 Å². The monoisotopic (exact) mass is 841 g/mol. The van der Waals surface area contributed by atoms with Crippen LogP contribution in [0.4, 0.5) is 0 Å². The molecule has 0 spiro atoms. The van der Waals surface area contributed by atoms with Gasteiger partial charge in [0.25, 0.3) is 0 Å². The molecule has 12 rings (SSSR count). The van der Waals surface area contributed by atoms with E-state index in [-0.39, 0.29) is 0 Å². The van der Waals surface area contributed by atoms with Gasteiger partial charge >= 0.3 is 0 Å². The Morgan fingerprint density at radius 1 is 0.227 bits per heavy atom. The Balaban J connectivity index is 1.13. The topological polar surface area (TPSA) is 38.7 Å². The minimum absolute atomic E-state index is 0.637. The summed E-state index contributed by atoms with van der Waals surface area (Å²) in [4.78, 5) is 15.3. The standard InChI is InChI=1S/C63H43N3/c1-7-23-44(24-8-1)59-64-60(45-25-9-2-10-26-45)66-61(65-59)55-39-22-37-52-51(36-21-38-53(52)55)46-41-42-58-56(43-46)54-35-19-20-40-57(54)62(47-27-11-3-12-28-47,48-29-13-4-14-30-48)63(58,49-31-15-5-16-32-49)50-33-17-6-18-34-50/h1-43H. The molecule has 0 bridgehead atoms. The van der Waals surface area contributed by atoms with Crippen molar-refractivity contribution in [3.63, 3.8) is 0 Å². The van der Waals surface area contributed by atoms with Crippen LogP contribution in [0.5, 0.6) is 0 Å². The Kier molecular flexibility index (Phi) is 9.61. The van der Waals surface area contributed by atoms with Crippen molar-refractivity contribution in [2.45, 2.75) is 10.8 Å². The Hall–Kier alpha value is -8.53. The first kappa shape index (κ1) is 39.1. The zero-order chi connectivity index (χ0) is 43.9. The lowest BCUT2D eigenvalue weighted by Gasteiger charge is -2.57. The highest BCUT2D eigenvalue weighted by atomic mass is 15.0. The van der Waals surface area contributed by atoms with Crippen LogP contribution in [0, 0.1) is 0 Å². The van der Waals surface area contributed by atoms with E-state index in [1.807, 2.05) is 36.4 Å². The predicted molar refractivity (Wildman–Crippen MR) is 270 cm³/mol. The fourth-order valence-electron chi connectivity index (χ4n) is 11.0. The summed E-state index contributed by atoms with van der Waals surface area (Å²) in [6, 6.07) is 94.5. The average molecular weight is 842 g/mol. The van der Waals surface area contributed by atoms with Gasteiger partial charge in [-0.3, -0.25) is 0 Å². The minimum Gasteiger partial charge on any atom is -0.208 e. The van der Waals surface area contributed by atoms with E-state index in [1.165, 1.54) is 44.5 Å². The molecule has 1 heterocycles.